The van der Waals surface area contributed by atoms with Crippen molar-refractivity contribution in [2.75, 3.05) is 6.61 Å². The van der Waals surface area contributed by atoms with Gasteiger partial charge in [0, 0.05) is 16.0 Å². The number of hydrogen-bond donors (Lipinski definition) is 1. The van der Waals surface area contributed by atoms with Crippen molar-refractivity contribution in [1.29, 1.82) is 0 Å². The van der Waals surface area contributed by atoms with Crippen LogP contribution in [0.1, 0.15) is 18.4 Å². The lowest BCUT2D eigenvalue weighted by molar-refractivity contribution is 0.115. The second-order valence-electron chi connectivity index (χ2n) is 3.69. The van der Waals surface area contributed by atoms with E-state index in [4.69, 9.17) is 17.5 Å². The topological polar surface area (TPSA) is 35.2 Å². The van der Waals surface area contributed by atoms with Crippen molar-refractivity contribution in [3.05, 3.63) is 34.6 Å². The van der Waals surface area contributed by atoms with Crippen molar-refractivity contribution in [2.45, 2.75) is 18.3 Å². The summed E-state index contributed by atoms with van der Waals surface area (Å²) in [4.78, 5) is 4.61. The second kappa shape index (κ2) is 3.50. The zero-order valence-corrected chi connectivity index (χ0v) is 8.35. The molecule has 14 heavy (non-hydrogen) atoms. The summed E-state index contributed by atoms with van der Waals surface area (Å²) in [7, 11) is 0. The fourth-order valence-corrected chi connectivity index (χ4v) is 2.14. The number of halogens is 2. The van der Waals surface area contributed by atoms with E-state index in [1.165, 1.54) is 6.07 Å². The smallest absolute Gasteiger partial charge is 0.128 e. The van der Waals surface area contributed by atoms with Crippen molar-refractivity contribution in [1.82, 2.24) is 0 Å². The van der Waals surface area contributed by atoms with Gasteiger partial charge in [0.25, 0.3) is 0 Å². The summed E-state index contributed by atoms with van der Waals surface area (Å²) in [5.74, 6) is 4.76. The van der Waals surface area contributed by atoms with E-state index in [0.29, 0.717) is 17.2 Å². The molecular formula is C10H11ClFNO. The first-order chi connectivity index (χ1) is 6.69. The first kappa shape index (κ1) is 9.90. The lowest BCUT2D eigenvalue weighted by Crippen LogP contribution is -2.19. The molecule has 76 valence electrons. The molecule has 2 rings (SSSR count). The first-order valence-corrected chi connectivity index (χ1v) is 4.83. The van der Waals surface area contributed by atoms with Crippen molar-refractivity contribution >= 4 is 11.6 Å². The minimum absolute atomic E-state index is 0.271. The highest BCUT2D eigenvalue weighted by atomic mass is 35.5. The molecular weight excluding hydrogens is 205 g/mol. The molecule has 4 heteroatoms. The second-order valence-corrected chi connectivity index (χ2v) is 4.10. The molecule has 0 heterocycles. The quantitative estimate of drug-likeness (QED) is 0.786. The predicted octanol–water partition coefficient (Wildman–Crippen LogP) is 2.40. The molecule has 2 nitrogen and oxygen atoms in total. The van der Waals surface area contributed by atoms with Crippen LogP contribution >= 0.6 is 11.6 Å². The highest BCUT2D eigenvalue weighted by Crippen LogP contribution is 2.51. The van der Waals surface area contributed by atoms with Gasteiger partial charge >= 0.3 is 0 Å². The molecule has 1 aliphatic carbocycles. The Hall–Kier alpha value is -0.640. The van der Waals surface area contributed by atoms with E-state index in [-0.39, 0.29) is 11.2 Å². The van der Waals surface area contributed by atoms with Crippen LogP contribution in [-0.2, 0) is 10.3 Å². The summed E-state index contributed by atoms with van der Waals surface area (Å²) in [6.07, 6.45) is 1.76. The maximum Gasteiger partial charge on any atom is 0.128 e. The van der Waals surface area contributed by atoms with Crippen LogP contribution in [0, 0.1) is 5.82 Å². The summed E-state index contributed by atoms with van der Waals surface area (Å²) < 4.78 is 13.5. The lowest BCUT2D eigenvalue weighted by Gasteiger charge is -2.16. The van der Waals surface area contributed by atoms with Gasteiger partial charge in [0.05, 0.1) is 6.61 Å². The molecule has 0 saturated heterocycles. The Kier molecular flexibility index (Phi) is 2.47. The third-order valence-electron chi connectivity index (χ3n) is 2.71. The lowest BCUT2D eigenvalue weighted by atomic mass is 9.96. The van der Waals surface area contributed by atoms with E-state index >= 15 is 0 Å². The third kappa shape index (κ3) is 1.52. The Balaban J connectivity index is 2.40. The van der Waals surface area contributed by atoms with E-state index in [1.807, 2.05) is 0 Å². The van der Waals surface area contributed by atoms with Crippen LogP contribution < -0.4 is 5.90 Å². The SMILES string of the molecule is NOCC1(c2c(F)cccc2Cl)CC1. The maximum absolute atomic E-state index is 13.5. The van der Waals surface area contributed by atoms with E-state index < -0.39 is 0 Å². The molecule has 0 aliphatic heterocycles. The molecule has 1 aromatic rings. The summed E-state index contributed by atoms with van der Waals surface area (Å²) in [6, 6.07) is 4.70. The molecule has 1 aromatic carbocycles. The summed E-state index contributed by atoms with van der Waals surface area (Å²) >= 11 is 5.95. The largest absolute Gasteiger partial charge is 0.304 e. The highest BCUT2D eigenvalue weighted by Gasteiger charge is 2.47. The van der Waals surface area contributed by atoms with Gasteiger partial charge in [-0.05, 0) is 25.0 Å². The van der Waals surface area contributed by atoms with Gasteiger partial charge in [-0.2, -0.15) is 0 Å². The summed E-state index contributed by atoms with van der Waals surface area (Å²) in [5.41, 5.74) is 0.268. The minimum atomic E-state index is -0.281. The molecule has 0 bridgehead atoms. The Morgan fingerprint density at radius 2 is 2.21 bits per heavy atom. The Morgan fingerprint density at radius 3 is 2.71 bits per heavy atom. The van der Waals surface area contributed by atoms with E-state index in [2.05, 4.69) is 4.84 Å². The average Bonchev–Trinajstić information content (AvgIpc) is 2.86. The van der Waals surface area contributed by atoms with Crippen LogP contribution in [0.2, 0.25) is 5.02 Å². The number of benzene rings is 1. The van der Waals surface area contributed by atoms with Crippen LogP contribution in [0.5, 0.6) is 0 Å². The van der Waals surface area contributed by atoms with Crippen LogP contribution in [0.3, 0.4) is 0 Å². The van der Waals surface area contributed by atoms with Gasteiger partial charge in [0.1, 0.15) is 5.82 Å². The highest BCUT2D eigenvalue weighted by molar-refractivity contribution is 6.31. The molecule has 2 N–H and O–H groups in total. The van der Waals surface area contributed by atoms with Gasteiger partial charge in [0.2, 0.25) is 0 Å². The molecule has 1 aliphatic rings. The molecule has 0 atom stereocenters. The van der Waals surface area contributed by atoms with Crippen LogP contribution in [0.25, 0.3) is 0 Å². The summed E-state index contributed by atoms with van der Waals surface area (Å²) in [6.45, 7) is 0.327. The fraction of sp³-hybridized carbons (Fsp3) is 0.400. The average molecular weight is 216 g/mol. The van der Waals surface area contributed by atoms with E-state index in [0.717, 1.165) is 12.8 Å². The zero-order valence-electron chi connectivity index (χ0n) is 7.59. The first-order valence-electron chi connectivity index (χ1n) is 4.46. The maximum atomic E-state index is 13.5. The van der Waals surface area contributed by atoms with Crippen LogP contribution in [0.4, 0.5) is 4.39 Å². The number of nitrogens with two attached hydrogens (primary N) is 1. The molecule has 1 fully saturated rings. The fourth-order valence-electron chi connectivity index (χ4n) is 1.78. The molecule has 0 amide bonds. The Labute approximate surface area is 86.8 Å². The van der Waals surface area contributed by atoms with Gasteiger partial charge in [0.15, 0.2) is 0 Å². The minimum Gasteiger partial charge on any atom is -0.304 e. The van der Waals surface area contributed by atoms with E-state index in [9.17, 15) is 4.39 Å². The van der Waals surface area contributed by atoms with Crippen molar-refractivity contribution in [3.63, 3.8) is 0 Å². The van der Waals surface area contributed by atoms with Crippen LogP contribution in [-0.4, -0.2) is 6.61 Å². The Bertz CT molecular complexity index is 332. The molecule has 0 unspecified atom stereocenters. The van der Waals surface area contributed by atoms with Crippen molar-refractivity contribution in [3.8, 4) is 0 Å². The zero-order chi connectivity index (χ0) is 10.2. The standard InChI is InChI=1S/C10H11ClFNO/c11-7-2-1-3-8(12)9(7)10(4-5-10)6-14-13/h1-3H,4-6,13H2. The van der Waals surface area contributed by atoms with Gasteiger partial charge in [-0.25, -0.2) is 10.3 Å². The van der Waals surface area contributed by atoms with Gasteiger partial charge in [-0.1, -0.05) is 17.7 Å². The number of hydrogen-bond acceptors (Lipinski definition) is 2. The van der Waals surface area contributed by atoms with Gasteiger partial charge < -0.3 is 4.84 Å². The molecule has 1 saturated carbocycles. The Morgan fingerprint density at radius 1 is 1.50 bits per heavy atom. The van der Waals surface area contributed by atoms with Crippen molar-refractivity contribution < 1.29 is 9.23 Å². The molecule has 0 spiro atoms. The summed E-state index contributed by atoms with van der Waals surface area (Å²) in [5, 5.41) is 0.458. The molecule has 0 radical (unpaired) electrons. The molecule has 0 aromatic heterocycles. The van der Waals surface area contributed by atoms with Crippen molar-refractivity contribution in [2.24, 2.45) is 5.90 Å². The van der Waals surface area contributed by atoms with Gasteiger partial charge in [-0.15, -0.1) is 0 Å². The monoisotopic (exact) mass is 215 g/mol. The number of rotatable bonds is 3. The van der Waals surface area contributed by atoms with Crippen LogP contribution in [0.15, 0.2) is 18.2 Å². The predicted molar refractivity (Wildman–Crippen MR) is 52.5 cm³/mol. The van der Waals surface area contributed by atoms with E-state index in [1.54, 1.807) is 12.1 Å². The normalized spacial score (nSPS) is 18.2. The third-order valence-corrected chi connectivity index (χ3v) is 3.02. The van der Waals surface area contributed by atoms with Gasteiger partial charge in [-0.3, -0.25) is 0 Å².